The zero-order valence-corrected chi connectivity index (χ0v) is 10.00. The Bertz CT molecular complexity index is 619. The Morgan fingerprint density at radius 2 is 2.28 bits per heavy atom. The van der Waals surface area contributed by atoms with Crippen LogP contribution in [0.25, 0.3) is 0 Å². The van der Waals surface area contributed by atoms with E-state index in [4.69, 9.17) is 5.73 Å². The van der Waals surface area contributed by atoms with Crippen molar-refractivity contribution in [3.8, 4) is 0 Å². The summed E-state index contributed by atoms with van der Waals surface area (Å²) >= 11 is 0. The van der Waals surface area contributed by atoms with Crippen molar-refractivity contribution in [2.75, 3.05) is 5.73 Å². The summed E-state index contributed by atoms with van der Waals surface area (Å²) in [6.45, 7) is 1.06. The minimum atomic E-state index is 0.000278. The van der Waals surface area contributed by atoms with Gasteiger partial charge in [-0.2, -0.15) is 5.10 Å². The Hall–Kier alpha value is -2.37. The summed E-state index contributed by atoms with van der Waals surface area (Å²) in [7, 11) is 1.81. The lowest BCUT2D eigenvalue weighted by Crippen LogP contribution is -2.25. The van der Waals surface area contributed by atoms with Crippen molar-refractivity contribution >= 4 is 11.6 Å². The molecule has 0 aliphatic carbocycles. The number of benzene rings is 1. The first-order valence-corrected chi connectivity index (χ1v) is 5.65. The van der Waals surface area contributed by atoms with E-state index >= 15 is 0 Å². The van der Waals surface area contributed by atoms with E-state index in [1.807, 2.05) is 19.2 Å². The monoisotopic (exact) mass is 243 g/mol. The largest absolute Gasteiger partial charge is 0.399 e. The molecule has 0 fully saturated rings. The molecule has 92 valence electrons. The minimum absolute atomic E-state index is 0.000278. The third kappa shape index (κ3) is 1.62. The van der Waals surface area contributed by atoms with Gasteiger partial charge in [-0.3, -0.25) is 9.48 Å². The lowest BCUT2D eigenvalue weighted by molar-refractivity contribution is 0.0761. The average Bonchev–Trinajstić information content (AvgIpc) is 2.87. The smallest absolute Gasteiger partial charge is 0.254 e. The number of hydrogen-bond donors (Lipinski definition) is 1. The summed E-state index contributed by atoms with van der Waals surface area (Å²) in [5, 5.41) is 3.99. The SMILES string of the molecule is Cn1ncnc1CN1Cc2ccc(N)cc2C1=O. The highest BCUT2D eigenvalue weighted by molar-refractivity contribution is 5.99. The molecule has 1 amide bonds. The second-order valence-electron chi connectivity index (χ2n) is 4.38. The van der Waals surface area contributed by atoms with Crippen LogP contribution in [0.15, 0.2) is 24.5 Å². The molecule has 2 N–H and O–H groups in total. The van der Waals surface area contributed by atoms with Gasteiger partial charge < -0.3 is 10.6 Å². The number of carbonyl (C=O) groups is 1. The lowest BCUT2D eigenvalue weighted by Gasteiger charge is -2.14. The highest BCUT2D eigenvalue weighted by Gasteiger charge is 2.28. The standard InChI is InChI=1S/C12H13N5O/c1-16-11(14-7-15-16)6-17-5-8-2-3-9(13)4-10(8)12(17)18/h2-4,7H,5-6,13H2,1H3. The second-order valence-corrected chi connectivity index (χ2v) is 4.38. The van der Waals surface area contributed by atoms with Crippen LogP contribution < -0.4 is 5.73 Å². The Balaban J connectivity index is 1.87. The van der Waals surface area contributed by atoms with Crippen LogP contribution in [-0.2, 0) is 20.1 Å². The van der Waals surface area contributed by atoms with E-state index in [-0.39, 0.29) is 5.91 Å². The Morgan fingerprint density at radius 3 is 3.00 bits per heavy atom. The molecule has 0 atom stereocenters. The van der Waals surface area contributed by atoms with Gasteiger partial charge in [0, 0.05) is 24.8 Å². The predicted octanol–water partition coefficient (Wildman–Crippen LogP) is 0.553. The summed E-state index contributed by atoms with van der Waals surface area (Å²) in [4.78, 5) is 18.1. The van der Waals surface area contributed by atoms with Gasteiger partial charge in [0.2, 0.25) is 0 Å². The van der Waals surface area contributed by atoms with Gasteiger partial charge in [-0.1, -0.05) is 6.07 Å². The summed E-state index contributed by atoms with van der Waals surface area (Å²) in [6, 6.07) is 5.45. The van der Waals surface area contributed by atoms with Gasteiger partial charge in [0.25, 0.3) is 5.91 Å². The van der Waals surface area contributed by atoms with Gasteiger partial charge in [-0.15, -0.1) is 0 Å². The van der Waals surface area contributed by atoms with Crippen LogP contribution >= 0.6 is 0 Å². The van der Waals surface area contributed by atoms with Crippen LogP contribution in [0.2, 0.25) is 0 Å². The third-order valence-corrected chi connectivity index (χ3v) is 3.15. The molecule has 18 heavy (non-hydrogen) atoms. The van der Waals surface area contributed by atoms with Crippen molar-refractivity contribution in [3.63, 3.8) is 0 Å². The van der Waals surface area contributed by atoms with E-state index in [2.05, 4.69) is 10.1 Å². The fourth-order valence-corrected chi connectivity index (χ4v) is 2.14. The van der Waals surface area contributed by atoms with Crippen molar-refractivity contribution in [1.29, 1.82) is 0 Å². The van der Waals surface area contributed by atoms with E-state index in [0.717, 1.165) is 11.4 Å². The van der Waals surface area contributed by atoms with E-state index in [0.29, 0.717) is 24.3 Å². The fourth-order valence-electron chi connectivity index (χ4n) is 2.14. The van der Waals surface area contributed by atoms with Crippen LogP contribution in [-0.4, -0.2) is 25.6 Å². The molecule has 6 nitrogen and oxygen atoms in total. The molecule has 0 bridgehead atoms. The molecule has 6 heteroatoms. The number of carbonyl (C=O) groups excluding carboxylic acids is 1. The molecule has 1 aromatic carbocycles. The molecule has 3 rings (SSSR count). The van der Waals surface area contributed by atoms with Gasteiger partial charge in [-0.05, 0) is 17.7 Å². The van der Waals surface area contributed by atoms with Crippen molar-refractivity contribution in [3.05, 3.63) is 41.5 Å². The number of fused-ring (bicyclic) bond motifs is 1. The van der Waals surface area contributed by atoms with Crippen molar-refractivity contribution in [1.82, 2.24) is 19.7 Å². The van der Waals surface area contributed by atoms with Gasteiger partial charge >= 0.3 is 0 Å². The second kappa shape index (κ2) is 3.83. The molecule has 0 saturated heterocycles. The quantitative estimate of drug-likeness (QED) is 0.781. The number of amides is 1. The molecule has 0 spiro atoms. The fraction of sp³-hybridized carbons (Fsp3) is 0.250. The number of nitrogens with zero attached hydrogens (tertiary/aromatic N) is 4. The van der Waals surface area contributed by atoms with Crippen LogP contribution in [0.5, 0.6) is 0 Å². The van der Waals surface area contributed by atoms with Crippen molar-refractivity contribution < 1.29 is 4.79 Å². The summed E-state index contributed by atoms with van der Waals surface area (Å²) in [6.07, 6.45) is 1.49. The van der Waals surface area contributed by atoms with Gasteiger partial charge in [-0.25, -0.2) is 4.98 Å². The first-order valence-electron chi connectivity index (χ1n) is 5.65. The van der Waals surface area contributed by atoms with Gasteiger partial charge in [0.15, 0.2) is 0 Å². The van der Waals surface area contributed by atoms with Crippen LogP contribution in [0, 0.1) is 0 Å². The third-order valence-electron chi connectivity index (χ3n) is 3.15. The highest BCUT2D eigenvalue weighted by Crippen LogP contribution is 2.25. The number of aromatic nitrogens is 3. The Labute approximate surface area is 104 Å². The van der Waals surface area contributed by atoms with E-state index in [1.165, 1.54) is 6.33 Å². The van der Waals surface area contributed by atoms with Crippen molar-refractivity contribution in [2.45, 2.75) is 13.1 Å². The first-order chi connectivity index (χ1) is 8.65. The maximum Gasteiger partial charge on any atom is 0.254 e. The molecule has 2 aromatic rings. The molecule has 1 aliphatic rings. The first kappa shape index (κ1) is 10.8. The number of anilines is 1. The van der Waals surface area contributed by atoms with Crippen LogP contribution in [0.4, 0.5) is 5.69 Å². The summed E-state index contributed by atoms with van der Waals surface area (Å²) in [5.41, 5.74) is 8.02. The maximum atomic E-state index is 12.2. The van der Waals surface area contributed by atoms with E-state index in [9.17, 15) is 4.79 Å². The Morgan fingerprint density at radius 1 is 1.44 bits per heavy atom. The van der Waals surface area contributed by atoms with E-state index < -0.39 is 0 Å². The minimum Gasteiger partial charge on any atom is -0.399 e. The zero-order valence-electron chi connectivity index (χ0n) is 10.00. The van der Waals surface area contributed by atoms with Crippen LogP contribution in [0.3, 0.4) is 0 Å². The van der Waals surface area contributed by atoms with E-state index in [1.54, 1.807) is 15.6 Å². The highest BCUT2D eigenvalue weighted by atomic mass is 16.2. The number of aryl methyl sites for hydroxylation is 1. The predicted molar refractivity (Wildman–Crippen MR) is 65.4 cm³/mol. The molecule has 0 radical (unpaired) electrons. The van der Waals surface area contributed by atoms with Crippen molar-refractivity contribution in [2.24, 2.45) is 7.05 Å². The van der Waals surface area contributed by atoms with Gasteiger partial charge in [0.05, 0.1) is 6.54 Å². The number of hydrogen-bond acceptors (Lipinski definition) is 4. The molecule has 0 unspecified atom stereocenters. The molecule has 0 saturated carbocycles. The molecule has 1 aromatic heterocycles. The summed E-state index contributed by atoms with van der Waals surface area (Å²) in [5.74, 6) is 0.768. The Kier molecular flexibility index (Phi) is 2.29. The zero-order chi connectivity index (χ0) is 12.7. The molecular weight excluding hydrogens is 230 g/mol. The molecule has 1 aliphatic heterocycles. The number of nitrogen functional groups attached to an aromatic ring is 1. The van der Waals surface area contributed by atoms with Crippen LogP contribution in [0.1, 0.15) is 21.7 Å². The lowest BCUT2D eigenvalue weighted by atomic mass is 10.1. The molecular formula is C12H13N5O. The average molecular weight is 243 g/mol. The maximum absolute atomic E-state index is 12.2. The normalized spacial score (nSPS) is 14.1. The van der Waals surface area contributed by atoms with Gasteiger partial charge in [0.1, 0.15) is 12.2 Å². The topological polar surface area (TPSA) is 77.0 Å². The number of rotatable bonds is 2. The number of nitrogens with two attached hydrogens (primary N) is 1. The molecule has 2 heterocycles. The summed E-state index contributed by atoms with van der Waals surface area (Å²) < 4.78 is 1.67.